The first-order chi connectivity index (χ1) is 12.8. The molecule has 0 N–H and O–H groups in total. The summed E-state index contributed by atoms with van der Waals surface area (Å²) in [5.41, 5.74) is 7.60. The third kappa shape index (κ3) is 5.23. The summed E-state index contributed by atoms with van der Waals surface area (Å²) in [6, 6.07) is 26.3. The molecule has 0 heterocycles. The summed E-state index contributed by atoms with van der Waals surface area (Å²) in [4.78, 5) is 2.31. The molecule has 0 aromatic heterocycles. The van der Waals surface area contributed by atoms with E-state index in [4.69, 9.17) is 0 Å². The van der Waals surface area contributed by atoms with Crippen LogP contribution in [0.2, 0.25) is 0 Å². The Hall–Kier alpha value is -2.54. The number of nitrogens with zero attached hydrogens (tertiary/aromatic N) is 1. The van der Waals surface area contributed by atoms with Crippen LogP contribution < -0.4 is 4.90 Å². The zero-order valence-corrected chi connectivity index (χ0v) is 17.9. The Balaban J connectivity index is 0.00000126. The molecular formula is C26H33N. The molecule has 1 heteroatoms. The van der Waals surface area contributed by atoms with E-state index in [1.165, 1.54) is 33.8 Å². The SMILES string of the molecule is CC.Cc1ccc(N(c2ccc(C)cc2)c2ccc(C(C)(C)C)cc2)cc1. The quantitative estimate of drug-likeness (QED) is 0.456. The second-order valence-corrected chi connectivity index (χ2v) is 7.80. The van der Waals surface area contributed by atoms with E-state index in [0.717, 1.165) is 0 Å². The van der Waals surface area contributed by atoms with Crippen molar-refractivity contribution in [1.29, 1.82) is 0 Å². The lowest BCUT2D eigenvalue weighted by atomic mass is 9.87. The van der Waals surface area contributed by atoms with Gasteiger partial charge in [-0.2, -0.15) is 0 Å². The van der Waals surface area contributed by atoms with Gasteiger partial charge in [-0.1, -0.05) is 82.1 Å². The van der Waals surface area contributed by atoms with Crippen molar-refractivity contribution in [3.05, 3.63) is 89.5 Å². The Labute approximate surface area is 165 Å². The summed E-state index contributed by atoms with van der Waals surface area (Å²) in [6.07, 6.45) is 0. The molecule has 0 aliphatic carbocycles. The van der Waals surface area contributed by atoms with Gasteiger partial charge >= 0.3 is 0 Å². The Morgan fingerprint density at radius 3 is 1.11 bits per heavy atom. The number of rotatable bonds is 3. The molecule has 0 aliphatic heterocycles. The number of aryl methyl sites for hydroxylation is 2. The largest absolute Gasteiger partial charge is 0.311 e. The highest BCUT2D eigenvalue weighted by atomic mass is 15.1. The minimum atomic E-state index is 0.164. The molecule has 0 fully saturated rings. The van der Waals surface area contributed by atoms with Crippen LogP contribution in [0.1, 0.15) is 51.3 Å². The molecule has 0 atom stereocenters. The molecule has 0 saturated carbocycles. The zero-order valence-electron chi connectivity index (χ0n) is 17.9. The first-order valence-corrected chi connectivity index (χ1v) is 9.88. The Kier molecular flexibility index (Phi) is 6.85. The predicted molar refractivity (Wildman–Crippen MR) is 121 cm³/mol. The maximum absolute atomic E-state index is 2.31. The molecule has 0 saturated heterocycles. The van der Waals surface area contributed by atoms with Crippen LogP contribution in [0.5, 0.6) is 0 Å². The normalized spacial score (nSPS) is 10.8. The van der Waals surface area contributed by atoms with Gasteiger partial charge in [-0.3, -0.25) is 0 Å². The molecule has 0 amide bonds. The third-order valence-electron chi connectivity index (χ3n) is 4.58. The van der Waals surface area contributed by atoms with Crippen LogP contribution in [0.4, 0.5) is 17.1 Å². The van der Waals surface area contributed by atoms with E-state index in [1.807, 2.05) is 13.8 Å². The highest BCUT2D eigenvalue weighted by molar-refractivity contribution is 5.76. The minimum Gasteiger partial charge on any atom is -0.311 e. The molecule has 1 nitrogen and oxygen atoms in total. The standard InChI is InChI=1S/C24H27N.C2H6/c1-18-6-12-21(13-7-18)25(22-14-8-19(2)9-15-22)23-16-10-20(11-17-23)24(3,4)5;1-2/h6-17H,1-5H3;1-2H3. The maximum Gasteiger partial charge on any atom is 0.0461 e. The predicted octanol–water partition coefficient (Wildman–Crippen LogP) is 8.10. The lowest BCUT2D eigenvalue weighted by molar-refractivity contribution is 0.590. The van der Waals surface area contributed by atoms with Gasteiger partial charge in [0.2, 0.25) is 0 Å². The van der Waals surface area contributed by atoms with Crippen molar-refractivity contribution >= 4 is 17.1 Å². The minimum absolute atomic E-state index is 0.164. The van der Waals surface area contributed by atoms with Gasteiger partial charge in [0.1, 0.15) is 0 Å². The van der Waals surface area contributed by atoms with Gasteiger partial charge in [-0.05, 0) is 61.2 Å². The number of hydrogen-bond acceptors (Lipinski definition) is 1. The van der Waals surface area contributed by atoms with E-state index < -0.39 is 0 Å². The van der Waals surface area contributed by atoms with Gasteiger partial charge in [0.25, 0.3) is 0 Å². The van der Waals surface area contributed by atoms with Crippen molar-refractivity contribution in [2.75, 3.05) is 4.90 Å². The molecule has 27 heavy (non-hydrogen) atoms. The average Bonchev–Trinajstić information content (AvgIpc) is 2.66. The van der Waals surface area contributed by atoms with Crippen molar-refractivity contribution in [3.63, 3.8) is 0 Å². The van der Waals surface area contributed by atoms with Crippen molar-refractivity contribution in [2.45, 2.75) is 53.9 Å². The number of benzene rings is 3. The number of hydrogen-bond donors (Lipinski definition) is 0. The molecule has 0 spiro atoms. The van der Waals surface area contributed by atoms with E-state index in [2.05, 4.69) is 112 Å². The molecule has 3 aromatic rings. The molecular weight excluding hydrogens is 326 g/mol. The third-order valence-corrected chi connectivity index (χ3v) is 4.58. The molecule has 0 bridgehead atoms. The fourth-order valence-electron chi connectivity index (χ4n) is 2.95. The van der Waals surface area contributed by atoms with Crippen LogP contribution in [-0.2, 0) is 5.41 Å². The lowest BCUT2D eigenvalue weighted by Crippen LogP contribution is -2.13. The summed E-state index contributed by atoms with van der Waals surface area (Å²) < 4.78 is 0. The second kappa shape index (κ2) is 8.90. The van der Waals surface area contributed by atoms with Gasteiger partial charge in [-0.15, -0.1) is 0 Å². The second-order valence-electron chi connectivity index (χ2n) is 7.80. The summed E-state index contributed by atoms with van der Waals surface area (Å²) in [6.45, 7) is 15.0. The van der Waals surface area contributed by atoms with E-state index >= 15 is 0 Å². The first-order valence-electron chi connectivity index (χ1n) is 9.88. The monoisotopic (exact) mass is 359 g/mol. The van der Waals surface area contributed by atoms with E-state index in [9.17, 15) is 0 Å². The molecule has 3 aromatic carbocycles. The fourth-order valence-corrected chi connectivity index (χ4v) is 2.95. The Morgan fingerprint density at radius 2 is 0.815 bits per heavy atom. The summed E-state index contributed by atoms with van der Waals surface area (Å²) in [5, 5.41) is 0. The van der Waals surface area contributed by atoms with E-state index in [1.54, 1.807) is 0 Å². The van der Waals surface area contributed by atoms with Gasteiger partial charge in [0.05, 0.1) is 0 Å². The van der Waals surface area contributed by atoms with Gasteiger partial charge in [0.15, 0.2) is 0 Å². The van der Waals surface area contributed by atoms with Crippen LogP contribution in [0.3, 0.4) is 0 Å². The van der Waals surface area contributed by atoms with Crippen LogP contribution in [0, 0.1) is 13.8 Å². The maximum atomic E-state index is 2.31. The van der Waals surface area contributed by atoms with E-state index in [-0.39, 0.29) is 5.41 Å². The van der Waals surface area contributed by atoms with Crippen LogP contribution >= 0.6 is 0 Å². The van der Waals surface area contributed by atoms with Gasteiger partial charge in [-0.25, -0.2) is 0 Å². The fraction of sp³-hybridized carbons (Fsp3) is 0.308. The highest BCUT2D eigenvalue weighted by Crippen LogP contribution is 2.35. The molecule has 0 unspecified atom stereocenters. The smallest absolute Gasteiger partial charge is 0.0461 e. The van der Waals surface area contributed by atoms with Crippen molar-refractivity contribution in [2.24, 2.45) is 0 Å². The summed E-state index contributed by atoms with van der Waals surface area (Å²) in [7, 11) is 0. The van der Waals surface area contributed by atoms with Crippen LogP contribution in [0.25, 0.3) is 0 Å². The lowest BCUT2D eigenvalue weighted by Gasteiger charge is -2.27. The van der Waals surface area contributed by atoms with Crippen molar-refractivity contribution < 1.29 is 0 Å². The first kappa shape index (κ1) is 20.8. The molecule has 0 radical (unpaired) electrons. The van der Waals surface area contributed by atoms with Crippen LogP contribution in [0.15, 0.2) is 72.8 Å². The Bertz CT molecular complexity index is 774. The number of anilines is 3. The van der Waals surface area contributed by atoms with Crippen molar-refractivity contribution in [1.82, 2.24) is 0 Å². The zero-order chi connectivity index (χ0) is 20.0. The van der Waals surface area contributed by atoms with Crippen molar-refractivity contribution in [3.8, 4) is 0 Å². The van der Waals surface area contributed by atoms with Crippen LogP contribution in [-0.4, -0.2) is 0 Å². The summed E-state index contributed by atoms with van der Waals surface area (Å²) in [5.74, 6) is 0. The molecule has 3 rings (SSSR count). The molecule has 0 aliphatic rings. The molecule has 142 valence electrons. The average molecular weight is 360 g/mol. The summed E-state index contributed by atoms with van der Waals surface area (Å²) >= 11 is 0. The Morgan fingerprint density at radius 1 is 0.519 bits per heavy atom. The highest BCUT2D eigenvalue weighted by Gasteiger charge is 2.16. The van der Waals surface area contributed by atoms with Gasteiger partial charge in [0, 0.05) is 17.1 Å². The van der Waals surface area contributed by atoms with Gasteiger partial charge < -0.3 is 4.90 Å². The van der Waals surface area contributed by atoms with E-state index in [0.29, 0.717) is 0 Å². The topological polar surface area (TPSA) is 3.24 Å².